The summed E-state index contributed by atoms with van der Waals surface area (Å²) in [7, 11) is 0. The fourth-order valence-electron chi connectivity index (χ4n) is 0.854. The summed E-state index contributed by atoms with van der Waals surface area (Å²) in [5, 5.41) is 0. The van der Waals surface area contributed by atoms with Crippen LogP contribution in [0.25, 0.3) is 0 Å². The maximum Gasteiger partial charge on any atom is 0.0511 e. The van der Waals surface area contributed by atoms with Crippen molar-refractivity contribution in [1.29, 1.82) is 0 Å². The summed E-state index contributed by atoms with van der Waals surface area (Å²) in [6.45, 7) is 5.91. The Kier molecular flexibility index (Phi) is 5.21. The molecule has 0 saturated carbocycles. The third kappa shape index (κ3) is 3.05. The van der Waals surface area contributed by atoms with E-state index in [0.29, 0.717) is 0 Å². The average molecular weight is 152 g/mol. The quantitative estimate of drug-likeness (QED) is 0.368. The molecule has 0 saturated heterocycles. The van der Waals surface area contributed by atoms with Crippen molar-refractivity contribution in [2.75, 3.05) is 0 Å². The second-order valence-corrected chi connectivity index (χ2v) is 2.09. The van der Waals surface area contributed by atoms with Crippen molar-refractivity contribution in [1.82, 2.24) is 5.43 Å². The fourth-order valence-corrected chi connectivity index (χ4v) is 0.854. The molecule has 0 bridgehead atoms. The Labute approximate surface area is 68.4 Å². The molecule has 0 heterocycles. The van der Waals surface area contributed by atoms with Gasteiger partial charge in [-0.15, -0.1) is 0 Å². The molecule has 0 rings (SSSR count). The minimum absolute atomic E-state index is 0.950. The molecule has 0 aliphatic heterocycles. The van der Waals surface area contributed by atoms with E-state index < -0.39 is 0 Å². The van der Waals surface area contributed by atoms with Gasteiger partial charge in [0.25, 0.3) is 0 Å². The summed E-state index contributed by atoms with van der Waals surface area (Å²) in [4.78, 5) is 0. The van der Waals surface area contributed by atoms with Gasteiger partial charge in [0, 0.05) is 0 Å². The van der Waals surface area contributed by atoms with E-state index in [9.17, 15) is 0 Å². The molecule has 0 aromatic heterocycles. The summed E-state index contributed by atoms with van der Waals surface area (Å²) in [6.07, 6.45) is 7.94. The van der Waals surface area contributed by atoms with E-state index in [1.165, 1.54) is 0 Å². The predicted molar refractivity (Wildman–Crippen MR) is 49.7 cm³/mol. The monoisotopic (exact) mass is 152 g/mol. The summed E-state index contributed by atoms with van der Waals surface area (Å²) in [6, 6.07) is 0. The molecule has 11 heavy (non-hydrogen) atoms. The first-order valence-electron chi connectivity index (χ1n) is 3.72. The molecule has 0 amide bonds. The van der Waals surface area contributed by atoms with Crippen molar-refractivity contribution in [3.05, 3.63) is 35.6 Å². The van der Waals surface area contributed by atoms with Crippen molar-refractivity contribution in [2.24, 2.45) is 5.84 Å². The van der Waals surface area contributed by atoms with Gasteiger partial charge in [0.1, 0.15) is 0 Å². The molecule has 3 N–H and O–H groups in total. The molecule has 0 aliphatic rings. The molecule has 0 aliphatic carbocycles. The standard InChI is InChI=1S/C9H16N2/c1-4-7-8(5-2)9(6-3)11-10/h4-7,11H,10H2,1-3H3/b7-4-,8-5-,9-6+. The molecular weight excluding hydrogens is 136 g/mol. The minimum Gasteiger partial charge on any atom is -0.324 e. The van der Waals surface area contributed by atoms with E-state index >= 15 is 0 Å². The zero-order chi connectivity index (χ0) is 8.69. The zero-order valence-corrected chi connectivity index (χ0v) is 7.39. The highest BCUT2D eigenvalue weighted by atomic mass is 15.2. The molecule has 62 valence electrons. The van der Waals surface area contributed by atoms with Crippen LogP contribution in [-0.2, 0) is 0 Å². The molecule has 0 atom stereocenters. The zero-order valence-electron chi connectivity index (χ0n) is 7.39. The summed E-state index contributed by atoms with van der Waals surface area (Å²) >= 11 is 0. The van der Waals surface area contributed by atoms with Crippen LogP contribution in [0.4, 0.5) is 0 Å². The van der Waals surface area contributed by atoms with Gasteiger partial charge in [-0.3, -0.25) is 5.84 Å². The molecular formula is C9H16N2. The first kappa shape index (κ1) is 9.98. The number of nitrogens with one attached hydrogen (secondary N) is 1. The average Bonchev–Trinajstić information content (AvgIpc) is 2.05. The van der Waals surface area contributed by atoms with Crippen LogP contribution < -0.4 is 11.3 Å². The maximum atomic E-state index is 5.30. The molecule has 2 nitrogen and oxygen atoms in total. The van der Waals surface area contributed by atoms with Gasteiger partial charge in [-0.05, 0) is 26.3 Å². The normalized spacial score (nSPS) is 14.2. The van der Waals surface area contributed by atoms with Crippen molar-refractivity contribution >= 4 is 0 Å². The van der Waals surface area contributed by atoms with Crippen LogP contribution in [0.15, 0.2) is 35.6 Å². The van der Waals surface area contributed by atoms with E-state index in [1.807, 2.05) is 45.1 Å². The van der Waals surface area contributed by atoms with Gasteiger partial charge in [-0.2, -0.15) is 0 Å². The lowest BCUT2D eigenvalue weighted by atomic mass is 10.1. The van der Waals surface area contributed by atoms with E-state index in [2.05, 4.69) is 5.43 Å². The Balaban J connectivity index is 4.50. The number of hydrogen-bond acceptors (Lipinski definition) is 2. The molecule has 0 unspecified atom stereocenters. The number of nitrogens with two attached hydrogens (primary N) is 1. The van der Waals surface area contributed by atoms with Crippen molar-refractivity contribution < 1.29 is 0 Å². The lowest BCUT2D eigenvalue weighted by Crippen LogP contribution is -2.21. The smallest absolute Gasteiger partial charge is 0.0511 e. The first-order chi connectivity index (χ1) is 5.29. The van der Waals surface area contributed by atoms with Crippen LogP contribution in [0.5, 0.6) is 0 Å². The first-order valence-corrected chi connectivity index (χ1v) is 3.72. The third-order valence-corrected chi connectivity index (χ3v) is 1.41. The number of hydrazine groups is 1. The van der Waals surface area contributed by atoms with Crippen LogP contribution in [0.1, 0.15) is 20.8 Å². The highest BCUT2D eigenvalue weighted by Gasteiger charge is 1.94. The van der Waals surface area contributed by atoms with Gasteiger partial charge in [0.2, 0.25) is 0 Å². The molecule has 0 radical (unpaired) electrons. The highest BCUT2D eigenvalue weighted by Crippen LogP contribution is 2.06. The van der Waals surface area contributed by atoms with Gasteiger partial charge in [-0.25, -0.2) is 0 Å². The summed E-state index contributed by atoms with van der Waals surface area (Å²) in [5.41, 5.74) is 4.69. The summed E-state index contributed by atoms with van der Waals surface area (Å²) in [5.74, 6) is 5.30. The SMILES string of the molecule is C\C=C/C(=C/C)C(=C\C)/NN. The van der Waals surface area contributed by atoms with E-state index in [4.69, 9.17) is 5.84 Å². The minimum atomic E-state index is 0.950. The van der Waals surface area contributed by atoms with Gasteiger partial charge >= 0.3 is 0 Å². The Hall–Kier alpha value is -1.02. The van der Waals surface area contributed by atoms with Gasteiger partial charge < -0.3 is 5.43 Å². The second-order valence-electron chi connectivity index (χ2n) is 2.09. The fraction of sp³-hybridized carbons (Fsp3) is 0.333. The summed E-state index contributed by atoms with van der Waals surface area (Å²) < 4.78 is 0. The predicted octanol–water partition coefficient (Wildman–Crippen LogP) is 1.88. The topological polar surface area (TPSA) is 38.0 Å². The van der Waals surface area contributed by atoms with Gasteiger partial charge in [0.15, 0.2) is 0 Å². The molecule has 0 aromatic carbocycles. The van der Waals surface area contributed by atoms with Crippen LogP contribution in [0.2, 0.25) is 0 Å². The van der Waals surface area contributed by atoms with Crippen LogP contribution in [0.3, 0.4) is 0 Å². The third-order valence-electron chi connectivity index (χ3n) is 1.41. The van der Waals surface area contributed by atoms with E-state index in [0.717, 1.165) is 11.3 Å². The Morgan fingerprint density at radius 3 is 2.09 bits per heavy atom. The van der Waals surface area contributed by atoms with Gasteiger partial charge in [0.05, 0.1) is 5.70 Å². The largest absolute Gasteiger partial charge is 0.324 e. The van der Waals surface area contributed by atoms with Crippen LogP contribution in [0, 0.1) is 0 Å². The lowest BCUT2D eigenvalue weighted by Gasteiger charge is -2.05. The van der Waals surface area contributed by atoms with E-state index in [-0.39, 0.29) is 0 Å². The molecule has 0 aromatic rings. The lowest BCUT2D eigenvalue weighted by molar-refractivity contribution is 0.899. The van der Waals surface area contributed by atoms with Crippen molar-refractivity contribution in [2.45, 2.75) is 20.8 Å². The van der Waals surface area contributed by atoms with Crippen LogP contribution >= 0.6 is 0 Å². The molecule has 0 fully saturated rings. The second kappa shape index (κ2) is 5.74. The van der Waals surface area contributed by atoms with Gasteiger partial charge in [-0.1, -0.05) is 24.3 Å². The highest BCUT2D eigenvalue weighted by molar-refractivity contribution is 5.37. The maximum absolute atomic E-state index is 5.30. The number of allylic oxidation sites excluding steroid dienone is 4. The number of rotatable bonds is 3. The Morgan fingerprint density at radius 2 is 1.82 bits per heavy atom. The molecule has 0 spiro atoms. The van der Waals surface area contributed by atoms with Crippen LogP contribution in [-0.4, -0.2) is 0 Å². The van der Waals surface area contributed by atoms with Crippen molar-refractivity contribution in [3.63, 3.8) is 0 Å². The Bertz CT molecular complexity index is 188. The molecule has 2 heteroatoms. The Morgan fingerprint density at radius 1 is 1.18 bits per heavy atom. The number of hydrogen-bond donors (Lipinski definition) is 2. The van der Waals surface area contributed by atoms with E-state index in [1.54, 1.807) is 0 Å². The van der Waals surface area contributed by atoms with Crippen molar-refractivity contribution in [3.8, 4) is 0 Å².